The van der Waals surface area contributed by atoms with Gasteiger partial charge in [-0.3, -0.25) is 19.0 Å². The zero-order chi connectivity index (χ0) is 27.7. The fourth-order valence-corrected chi connectivity index (χ4v) is 5.82. The van der Waals surface area contributed by atoms with Crippen LogP contribution in [0.5, 0.6) is 11.5 Å². The van der Waals surface area contributed by atoms with Gasteiger partial charge in [0.25, 0.3) is 5.56 Å². The largest absolute Gasteiger partial charge is 0.497 e. The number of hydrogen-bond donors (Lipinski definition) is 2. The average Bonchev–Trinajstić information content (AvgIpc) is 3.28. The molecule has 4 aromatic rings. The molecule has 2 heterocycles. The van der Waals surface area contributed by atoms with Crippen molar-refractivity contribution >= 4 is 40.5 Å². The second kappa shape index (κ2) is 10.5. The Kier molecular flexibility index (Phi) is 6.91. The lowest BCUT2D eigenvalue weighted by Crippen LogP contribution is -2.42. The van der Waals surface area contributed by atoms with Gasteiger partial charge in [0.05, 0.1) is 29.9 Å². The first-order valence-corrected chi connectivity index (χ1v) is 12.8. The first-order chi connectivity index (χ1) is 18.8. The number of carbonyl (C=O) groups excluding carboxylic acids is 2. The molecular formula is C30H25N3O5S. The summed E-state index contributed by atoms with van der Waals surface area (Å²) < 4.78 is 12.3. The van der Waals surface area contributed by atoms with Gasteiger partial charge in [-0.1, -0.05) is 54.6 Å². The van der Waals surface area contributed by atoms with Crippen molar-refractivity contribution in [2.45, 2.75) is 5.92 Å². The highest BCUT2D eigenvalue weighted by Crippen LogP contribution is 2.38. The molecule has 4 N–H and O–H groups in total. The van der Waals surface area contributed by atoms with Crippen molar-refractivity contribution in [3.05, 3.63) is 121 Å². The Morgan fingerprint density at radius 2 is 1.46 bits per heavy atom. The van der Waals surface area contributed by atoms with Gasteiger partial charge >= 0.3 is 0 Å². The quantitative estimate of drug-likeness (QED) is 0.347. The number of rotatable bonds is 7. The molecule has 0 bridgehead atoms. The summed E-state index contributed by atoms with van der Waals surface area (Å²) in [5, 5.41) is 0. The van der Waals surface area contributed by atoms with E-state index in [1.807, 2.05) is 12.1 Å². The molecule has 1 amide bonds. The van der Waals surface area contributed by atoms with Crippen LogP contribution in [0.25, 0.3) is 17.5 Å². The molecule has 0 aliphatic carbocycles. The Balaban J connectivity index is 1.82. The fourth-order valence-electron chi connectivity index (χ4n) is 4.64. The third kappa shape index (κ3) is 4.64. The summed E-state index contributed by atoms with van der Waals surface area (Å²) in [6.07, 6.45) is 1.70. The second-order valence-electron chi connectivity index (χ2n) is 8.81. The lowest BCUT2D eigenvalue weighted by atomic mass is 9.80. The third-order valence-electron chi connectivity index (χ3n) is 6.56. The van der Waals surface area contributed by atoms with Crippen molar-refractivity contribution in [2.75, 3.05) is 14.2 Å². The zero-order valence-electron chi connectivity index (χ0n) is 21.2. The zero-order valence-corrected chi connectivity index (χ0v) is 22.0. The summed E-state index contributed by atoms with van der Waals surface area (Å²) in [7, 11) is 3.12. The minimum Gasteiger partial charge on any atom is -0.497 e. The minimum absolute atomic E-state index is 0.0414. The lowest BCUT2D eigenvalue weighted by Gasteiger charge is -2.27. The maximum Gasteiger partial charge on any atom is 0.274 e. The Labute approximate surface area is 227 Å². The van der Waals surface area contributed by atoms with Crippen molar-refractivity contribution in [1.29, 1.82) is 0 Å². The van der Waals surface area contributed by atoms with Crippen LogP contribution >= 0.6 is 11.3 Å². The highest BCUT2D eigenvalue weighted by atomic mass is 32.1. The molecule has 0 radical (unpaired) electrons. The van der Waals surface area contributed by atoms with Gasteiger partial charge in [0.15, 0.2) is 5.78 Å². The van der Waals surface area contributed by atoms with E-state index in [4.69, 9.17) is 20.9 Å². The Morgan fingerprint density at radius 1 is 0.872 bits per heavy atom. The van der Waals surface area contributed by atoms with E-state index >= 15 is 0 Å². The average molecular weight is 540 g/mol. The van der Waals surface area contributed by atoms with Crippen LogP contribution in [-0.2, 0) is 4.79 Å². The van der Waals surface area contributed by atoms with E-state index in [0.717, 1.165) is 16.9 Å². The molecule has 0 fully saturated rings. The standard InChI is InChI=1S/C30H25N3O5S/c1-37-20-12-8-17(9-13-20)16-22-29(36)33-27(31)24(26(34)19-6-4-3-5-7-19)23(25(28(32)35)30(33)39-22)18-10-14-21(38-2)15-11-18/h3-16,23H,31H2,1-2H3,(H2,32,35)/b22-16+. The molecule has 0 saturated carbocycles. The maximum atomic E-state index is 13.9. The molecule has 39 heavy (non-hydrogen) atoms. The number of thiazole rings is 1. The highest BCUT2D eigenvalue weighted by Gasteiger charge is 2.38. The van der Waals surface area contributed by atoms with Crippen molar-refractivity contribution in [2.24, 2.45) is 11.5 Å². The summed E-state index contributed by atoms with van der Waals surface area (Å²) in [6, 6.07) is 22.7. The van der Waals surface area contributed by atoms with Crippen LogP contribution in [0.3, 0.4) is 0 Å². The first-order valence-electron chi connectivity index (χ1n) is 12.0. The first kappa shape index (κ1) is 25.7. The van der Waals surface area contributed by atoms with E-state index in [2.05, 4.69) is 0 Å². The smallest absolute Gasteiger partial charge is 0.274 e. The van der Waals surface area contributed by atoms with Gasteiger partial charge in [-0.25, -0.2) is 0 Å². The van der Waals surface area contributed by atoms with Gasteiger partial charge in [0, 0.05) is 11.5 Å². The molecule has 0 saturated heterocycles. The number of nitrogens with two attached hydrogens (primary N) is 2. The third-order valence-corrected chi connectivity index (χ3v) is 7.67. The molecule has 1 atom stereocenters. The number of ketones is 1. The number of nitrogens with zero attached hydrogens (tertiary/aromatic N) is 1. The fraction of sp³-hybridized carbons (Fsp3) is 0.100. The normalized spacial score (nSPS) is 15.2. The van der Waals surface area contributed by atoms with Gasteiger partial charge in [-0.15, -0.1) is 11.3 Å². The molecule has 1 aliphatic rings. The van der Waals surface area contributed by atoms with Crippen LogP contribution in [0.1, 0.15) is 27.4 Å². The summed E-state index contributed by atoms with van der Waals surface area (Å²) in [5.74, 6) is -0.817. The van der Waals surface area contributed by atoms with E-state index in [-0.39, 0.29) is 21.6 Å². The highest BCUT2D eigenvalue weighted by molar-refractivity contribution is 7.07. The SMILES string of the molecule is COc1ccc(/C=c2/sc3n(c2=O)C(N)=C(C(=O)c2ccccc2)C(c2ccc(OC)cc2)C=3C(N)=O)cc1. The number of Topliss-reactive ketones (excluding diaryl/α,β-unsaturated/α-hetero) is 1. The van der Waals surface area contributed by atoms with E-state index in [0.29, 0.717) is 27.2 Å². The molecule has 196 valence electrons. The summed E-state index contributed by atoms with van der Waals surface area (Å²) in [4.78, 5) is 40.6. The molecule has 5 rings (SSSR count). The molecule has 0 spiro atoms. The summed E-state index contributed by atoms with van der Waals surface area (Å²) in [5.41, 5.74) is 14.1. The number of benzene rings is 3. The van der Waals surface area contributed by atoms with E-state index < -0.39 is 23.2 Å². The summed E-state index contributed by atoms with van der Waals surface area (Å²) in [6.45, 7) is 0. The maximum absolute atomic E-state index is 13.9. The number of primary amides is 1. The molecule has 1 aromatic heterocycles. The number of ether oxygens (including phenoxy) is 2. The molecule has 1 unspecified atom stereocenters. The minimum atomic E-state index is -0.895. The number of carbonyl (C=O) groups is 2. The number of aromatic nitrogens is 1. The van der Waals surface area contributed by atoms with Crippen LogP contribution in [0, 0.1) is 0 Å². The number of hydrogen-bond acceptors (Lipinski definition) is 7. The second-order valence-corrected chi connectivity index (χ2v) is 9.84. The van der Waals surface area contributed by atoms with Gasteiger partial charge in [0.1, 0.15) is 22.0 Å². The predicted octanol–water partition coefficient (Wildman–Crippen LogP) is 2.20. The van der Waals surface area contributed by atoms with Crippen LogP contribution in [-0.4, -0.2) is 30.5 Å². The van der Waals surface area contributed by atoms with Crippen molar-refractivity contribution < 1.29 is 19.1 Å². The van der Waals surface area contributed by atoms with Gasteiger partial charge in [-0.2, -0.15) is 0 Å². The molecule has 1 aliphatic heterocycles. The molecule has 9 heteroatoms. The van der Waals surface area contributed by atoms with Crippen LogP contribution in [0.2, 0.25) is 0 Å². The number of methoxy groups -OCH3 is 2. The topological polar surface area (TPSA) is 127 Å². The van der Waals surface area contributed by atoms with Crippen LogP contribution < -0.4 is 35.7 Å². The van der Waals surface area contributed by atoms with Crippen LogP contribution in [0.15, 0.2) is 89.2 Å². The molecule has 8 nitrogen and oxygen atoms in total. The summed E-state index contributed by atoms with van der Waals surface area (Å²) >= 11 is 1.10. The van der Waals surface area contributed by atoms with Crippen LogP contribution in [0.4, 0.5) is 0 Å². The van der Waals surface area contributed by atoms with Gasteiger partial charge < -0.3 is 20.9 Å². The Morgan fingerprint density at radius 3 is 2.03 bits per heavy atom. The van der Waals surface area contributed by atoms with Crippen molar-refractivity contribution in [3.63, 3.8) is 0 Å². The van der Waals surface area contributed by atoms with E-state index in [9.17, 15) is 14.4 Å². The number of amides is 1. The predicted molar refractivity (Wildman–Crippen MR) is 151 cm³/mol. The molecular weight excluding hydrogens is 514 g/mol. The molecule has 3 aromatic carbocycles. The number of allylic oxidation sites excluding steroid dienone is 1. The van der Waals surface area contributed by atoms with Gasteiger partial charge in [-0.05, 0) is 41.5 Å². The Bertz CT molecular complexity index is 1780. The van der Waals surface area contributed by atoms with E-state index in [1.54, 1.807) is 87.0 Å². The monoisotopic (exact) mass is 539 g/mol. The van der Waals surface area contributed by atoms with Crippen molar-refractivity contribution in [1.82, 2.24) is 4.57 Å². The Hall–Kier alpha value is -4.89. The lowest BCUT2D eigenvalue weighted by molar-refractivity contribution is -0.113. The number of fused-ring (bicyclic) bond motifs is 1. The van der Waals surface area contributed by atoms with E-state index in [1.165, 1.54) is 4.57 Å². The van der Waals surface area contributed by atoms with Crippen molar-refractivity contribution in [3.8, 4) is 11.5 Å². The van der Waals surface area contributed by atoms with Gasteiger partial charge in [0.2, 0.25) is 5.91 Å².